The molecule has 222 valence electrons. The molecule has 1 N–H and O–H groups in total. The number of fused-ring (bicyclic) bond motifs is 1. The number of nitrogens with one attached hydrogen (secondary N) is 1. The fourth-order valence-electron chi connectivity index (χ4n) is 4.69. The normalized spacial score (nSPS) is 13.5. The quantitative estimate of drug-likeness (QED) is 0.0888. The van der Waals surface area contributed by atoms with E-state index in [9.17, 15) is 18.0 Å². The van der Waals surface area contributed by atoms with Gasteiger partial charge in [-0.05, 0) is 71.5 Å². The molecule has 42 heavy (non-hydrogen) atoms. The molecule has 4 aromatic rings. The molecule has 1 unspecified atom stereocenters. The third-order valence-corrected chi connectivity index (χ3v) is 6.96. The zero-order valence-corrected chi connectivity index (χ0v) is 24.1. The largest absolute Gasteiger partial charge is 0.468 e. The predicted octanol–water partition coefficient (Wildman–Crippen LogP) is 6.94. The molecule has 0 spiro atoms. The molecule has 0 radical (unpaired) electrons. The molecule has 3 aromatic carbocycles. The van der Waals surface area contributed by atoms with Crippen LogP contribution in [0.5, 0.6) is 0 Å². The summed E-state index contributed by atoms with van der Waals surface area (Å²) in [6.07, 6.45) is -1.42. The second-order valence-corrected chi connectivity index (χ2v) is 10.1. The molecule has 0 aliphatic carbocycles. The molecule has 7 nitrogen and oxygen atoms in total. The van der Waals surface area contributed by atoms with Gasteiger partial charge in [-0.2, -0.15) is 13.2 Å². The van der Waals surface area contributed by atoms with Crippen molar-refractivity contribution in [2.24, 2.45) is 0 Å². The van der Waals surface area contributed by atoms with Gasteiger partial charge in [-0.1, -0.05) is 42.5 Å². The van der Waals surface area contributed by atoms with Crippen molar-refractivity contribution in [1.29, 1.82) is 0 Å². The Morgan fingerprint density at radius 3 is 2.50 bits per heavy atom. The van der Waals surface area contributed by atoms with Gasteiger partial charge in [-0.15, -0.1) is 0 Å². The zero-order valence-electron chi connectivity index (χ0n) is 24.1. The number of aryl methyl sites for hydroxylation is 1. The third-order valence-electron chi connectivity index (χ3n) is 6.96. The number of hydrogen-bond donors (Lipinski definition) is 1. The van der Waals surface area contributed by atoms with Crippen LogP contribution in [-0.2, 0) is 31.7 Å². The van der Waals surface area contributed by atoms with E-state index < -0.39 is 23.2 Å². The van der Waals surface area contributed by atoms with E-state index in [1.807, 2.05) is 43.3 Å². The smallest absolute Gasteiger partial charge is 0.416 e. The van der Waals surface area contributed by atoms with Gasteiger partial charge in [0.05, 0.1) is 19.3 Å². The maximum atomic E-state index is 13.9. The molecule has 0 bridgehead atoms. The zero-order chi connectivity index (χ0) is 30.5. The van der Waals surface area contributed by atoms with Crippen molar-refractivity contribution in [3.63, 3.8) is 0 Å². The number of carbonyl (C=O) groups is 1. The fourth-order valence-corrected chi connectivity index (χ4v) is 4.69. The molecule has 1 aromatic heterocycles. The number of hydrogen-bond acceptors (Lipinski definition) is 7. The number of ether oxygens (including phenoxy) is 3. The van der Waals surface area contributed by atoms with Gasteiger partial charge in [-0.3, -0.25) is 5.32 Å². The number of oxazole rings is 1. The average Bonchev–Trinajstić information content (AvgIpc) is 3.34. The molecule has 4 rings (SSSR count). The topological polar surface area (TPSA) is 82.8 Å². The molecule has 0 amide bonds. The molecule has 0 fully saturated rings. The molecule has 0 saturated carbocycles. The highest BCUT2D eigenvalue weighted by Gasteiger charge is 2.35. The SMILES string of the molecule is COCOCC(C)(NCc1ccc(C(F)(F)F)c(/C=C/c2cccc(-c3ccc4nc(C)oc4c3)c2C)c1)C(=O)OC. The van der Waals surface area contributed by atoms with Gasteiger partial charge in [0.2, 0.25) is 0 Å². The van der Waals surface area contributed by atoms with Gasteiger partial charge in [0.15, 0.2) is 11.5 Å². The van der Waals surface area contributed by atoms with Crippen molar-refractivity contribution in [1.82, 2.24) is 10.3 Å². The van der Waals surface area contributed by atoms with E-state index in [4.69, 9.17) is 18.6 Å². The van der Waals surface area contributed by atoms with E-state index in [1.165, 1.54) is 32.4 Å². The van der Waals surface area contributed by atoms with E-state index in [2.05, 4.69) is 10.3 Å². The first kappa shape index (κ1) is 31.0. The Balaban J connectivity index is 1.63. The Labute approximate surface area is 242 Å². The minimum absolute atomic E-state index is 0.000520. The molecule has 10 heteroatoms. The Hall–Kier alpha value is -3.99. The second-order valence-electron chi connectivity index (χ2n) is 10.1. The van der Waals surface area contributed by atoms with Crippen LogP contribution in [0.4, 0.5) is 13.2 Å². The van der Waals surface area contributed by atoms with Crippen LogP contribution in [-0.4, -0.2) is 44.1 Å². The highest BCUT2D eigenvalue weighted by Crippen LogP contribution is 2.34. The van der Waals surface area contributed by atoms with Crippen molar-refractivity contribution in [2.75, 3.05) is 27.6 Å². The number of rotatable bonds is 11. The standard InChI is InChI=1S/C32H33F3N2O5/c1-20-23(7-6-8-26(20)24-12-14-28-29(16-24)42-21(2)37-28)10-11-25-15-22(9-13-27(25)32(33,34)35)17-36-31(3,30(38)40-5)18-41-19-39-4/h6-16,36H,17-19H2,1-5H3/b11-10+. The van der Waals surface area contributed by atoms with Crippen molar-refractivity contribution < 1.29 is 36.6 Å². The minimum atomic E-state index is -4.55. The molecule has 1 atom stereocenters. The first-order valence-electron chi connectivity index (χ1n) is 13.2. The first-order chi connectivity index (χ1) is 19.9. The summed E-state index contributed by atoms with van der Waals surface area (Å²) in [6.45, 7) is 5.31. The summed E-state index contributed by atoms with van der Waals surface area (Å²) < 4.78 is 62.6. The lowest BCUT2D eigenvalue weighted by Crippen LogP contribution is -2.53. The minimum Gasteiger partial charge on any atom is -0.468 e. The third kappa shape index (κ3) is 7.07. The van der Waals surface area contributed by atoms with E-state index in [0.717, 1.165) is 33.8 Å². The Morgan fingerprint density at radius 1 is 1.02 bits per heavy atom. The van der Waals surface area contributed by atoms with Gasteiger partial charge >= 0.3 is 12.1 Å². The number of carbonyl (C=O) groups excluding carboxylic acids is 1. The fraction of sp³-hybridized carbons (Fsp3) is 0.312. The molecule has 0 aliphatic rings. The second kappa shape index (κ2) is 12.9. The van der Waals surface area contributed by atoms with Crippen LogP contribution in [0.2, 0.25) is 0 Å². The highest BCUT2D eigenvalue weighted by molar-refractivity contribution is 5.84. The number of methoxy groups -OCH3 is 2. The summed E-state index contributed by atoms with van der Waals surface area (Å²) in [5.74, 6) is 0.00129. The maximum Gasteiger partial charge on any atom is 0.416 e. The summed E-state index contributed by atoms with van der Waals surface area (Å²) in [4.78, 5) is 16.7. The van der Waals surface area contributed by atoms with Gasteiger partial charge in [0.1, 0.15) is 17.8 Å². The summed E-state index contributed by atoms with van der Waals surface area (Å²) in [5, 5.41) is 3.06. The van der Waals surface area contributed by atoms with E-state index in [-0.39, 0.29) is 25.5 Å². The highest BCUT2D eigenvalue weighted by atomic mass is 19.4. The van der Waals surface area contributed by atoms with Gasteiger partial charge in [-0.25, -0.2) is 9.78 Å². The molecular weight excluding hydrogens is 549 g/mol. The maximum absolute atomic E-state index is 13.9. The number of aromatic nitrogens is 1. The molecule has 0 saturated heterocycles. The van der Waals surface area contributed by atoms with Gasteiger partial charge in [0, 0.05) is 20.6 Å². The average molecular weight is 583 g/mol. The van der Waals surface area contributed by atoms with Crippen molar-refractivity contribution in [3.8, 4) is 11.1 Å². The van der Waals surface area contributed by atoms with E-state index >= 15 is 0 Å². The summed E-state index contributed by atoms with van der Waals surface area (Å²) in [7, 11) is 2.71. The van der Waals surface area contributed by atoms with E-state index in [1.54, 1.807) is 19.9 Å². The van der Waals surface area contributed by atoms with Crippen molar-refractivity contribution in [2.45, 2.75) is 39.0 Å². The van der Waals surface area contributed by atoms with Crippen LogP contribution in [0.1, 0.15) is 40.6 Å². The predicted molar refractivity (Wildman–Crippen MR) is 154 cm³/mol. The number of nitrogens with zero attached hydrogens (tertiary/aromatic N) is 1. The molecule has 1 heterocycles. The number of esters is 1. The lowest BCUT2D eigenvalue weighted by atomic mass is 9.95. The summed E-state index contributed by atoms with van der Waals surface area (Å²) >= 11 is 0. The van der Waals surface area contributed by atoms with Crippen LogP contribution in [0.25, 0.3) is 34.4 Å². The van der Waals surface area contributed by atoms with Gasteiger partial charge < -0.3 is 18.6 Å². The van der Waals surface area contributed by atoms with Crippen LogP contribution in [0.3, 0.4) is 0 Å². The lowest BCUT2D eigenvalue weighted by molar-refractivity contribution is -0.153. The monoisotopic (exact) mass is 582 g/mol. The number of halogens is 3. The summed E-state index contributed by atoms with van der Waals surface area (Å²) in [5.41, 5.74) is 3.49. The van der Waals surface area contributed by atoms with Crippen molar-refractivity contribution in [3.05, 3.63) is 88.3 Å². The number of benzene rings is 3. The van der Waals surface area contributed by atoms with Crippen molar-refractivity contribution >= 4 is 29.2 Å². The summed E-state index contributed by atoms with van der Waals surface area (Å²) in [6, 6.07) is 15.3. The Kier molecular flexibility index (Phi) is 9.50. The van der Waals surface area contributed by atoms with Crippen LogP contribution >= 0.6 is 0 Å². The van der Waals surface area contributed by atoms with Crippen LogP contribution < -0.4 is 5.32 Å². The van der Waals surface area contributed by atoms with Crippen LogP contribution in [0, 0.1) is 13.8 Å². The molecular formula is C32H33F3N2O5. The van der Waals surface area contributed by atoms with Gasteiger partial charge in [0.25, 0.3) is 0 Å². The first-order valence-corrected chi connectivity index (χ1v) is 13.2. The van der Waals surface area contributed by atoms with Crippen LogP contribution in [0.15, 0.2) is 59.0 Å². The number of alkyl halides is 3. The molecule has 0 aliphatic heterocycles. The van der Waals surface area contributed by atoms with E-state index in [0.29, 0.717) is 17.0 Å². The Bertz CT molecular complexity index is 1600. The lowest BCUT2D eigenvalue weighted by Gasteiger charge is -2.28. The Morgan fingerprint density at radius 2 is 1.79 bits per heavy atom.